The van der Waals surface area contributed by atoms with Crippen molar-refractivity contribution in [3.63, 3.8) is 0 Å². The zero-order valence-electron chi connectivity index (χ0n) is 14.2. The molecule has 0 spiro atoms. The van der Waals surface area contributed by atoms with Crippen molar-refractivity contribution in [2.24, 2.45) is 0 Å². The molecule has 8 heteroatoms. The molecule has 0 saturated carbocycles. The molecule has 0 unspecified atom stereocenters. The number of anilines is 2. The lowest BCUT2D eigenvalue weighted by Gasteiger charge is -2.15. The van der Waals surface area contributed by atoms with Crippen molar-refractivity contribution >= 4 is 32.7 Å². The monoisotopic (exact) mass is 357 g/mol. The van der Waals surface area contributed by atoms with E-state index in [-0.39, 0.29) is 10.8 Å². The minimum absolute atomic E-state index is 0.156. The van der Waals surface area contributed by atoms with Crippen LogP contribution in [0.1, 0.15) is 0 Å². The van der Waals surface area contributed by atoms with Crippen molar-refractivity contribution in [1.82, 2.24) is 14.3 Å². The molecule has 0 radical (unpaired) electrons. The Hall–Kier alpha value is -2.71. The average Bonchev–Trinajstić information content (AvgIpc) is 2.60. The maximum atomic E-state index is 12.6. The molecule has 0 aliphatic heterocycles. The highest BCUT2D eigenvalue weighted by atomic mass is 32.2. The second kappa shape index (κ2) is 6.30. The van der Waals surface area contributed by atoms with Crippen LogP contribution in [0.25, 0.3) is 22.0 Å². The molecular weight excluding hydrogens is 338 g/mol. The normalized spacial score (nSPS) is 11.8. The van der Waals surface area contributed by atoms with E-state index in [1.54, 1.807) is 25.2 Å². The van der Waals surface area contributed by atoms with Crippen LogP contribution in [0.2, 0.25) is 0 Å². The second-order valence-corrected chi connectivity index (χ2v) is 7.82. The van der Waals surface area contributed by atoms with Crippen molar-refractivity contribution < 1.29 is 8.42 Å². The van der Waals surface area contributed by atoms with Crippen LogP contribution in [-0.2, 0) is 10.0 Å². The number of sulfonamides is 1. The Morgan fingerprint density at radius 3 is 2.48 bits per heavy atom. The molecular formula is C17H19N5O2S. The maximum Gasteiger partial charge on any atom is 0.243 e. The van der Waals surface area contributed by atoms with Gasteiger partial charge in [-0.25, -0.2) is 17.7 Å². The van der Waals surface area contributed by atoms with Crippen LogP contribution in [0.5, 0.6) is 0 Å². The zero-order valence-corrected chi connectivity index (χ0v) is 15.0. The summed E-state index contributed by atoms with van der Waals surface area (Å²) < 4.78 is 26.4. The molecule has 2 aromatic carbocycles. The first-order valence-corrected chi connectivity index (χ1v) is 9.05. The summed E-state index contributed by atoms with van der Waals surface area (Å²) in [6.45, 7) is 0. The third-order valence-electron chi connectivity index (χ3n) is 3.91. The predicted molar refractivity (Wildman–Crippen MR) is 99.8 cm³/mol. The fraction of sp³-hybridized carbons (Fsp3) is 0.176. The topological polar surface area (TPSA) is 101 Å². The van der Waals surface area contributed by atoms with Gasteiger partial charge in [-0.1, -0.05) is 24.3 Å². The number of fused-ring (bicyclic) bond motifs is 1. The van der Waals surface area contributed by atoms with Crippen molar-refractivity contribution in [3.05, 3.63) is 42.5 Å². The van der Waals surface area contributed by atoms with Crippen molar-refractivity contribution in [2.75, 3.05) is 32.2 Å². The molecule has 1 heterocycles. The van der Waals surface area contributed by atoms with Crippen molar-refractivity contribution in [2.45, 2.75) is 4.90 Å². The third kappa shape index (κ3) is 3.01. The first-order valence-electron chi connectivity index (χ1n) is 7.61. The van der Waals surface area contributed by atoms with Gasteiger partial charge >= 0.3 is 0 Å². The molecule has 0 aliphatic carbocycles. The summed E-state index contributed by atoms with van der Waals surface area (Å²) in [5.41, 5.74) is 7.76. The Kier molecular flexibility index (Phi) is 4.32. The van der Waals surface area contributed by atoms with Gasteiger partial charge in [0.25, 0.3) is 0 Å². The van der Waals surface area contributed by atoms with Gasteiger partial charge in [0.1, 0.15) is 5.82 Å². The Labute approximate surface area is 146 Å². The number of nitrogens with zero attached hydrogens (tertiary/aromatic N) is 3. The standard InChI is InChI=1S/C17H19N5O2S/c1-19-16-13-9-8-11(10-14(13)20-17(18)21-16)12-6-4-5-7-15(12)25(23,24)22(2)3/h4-10H,1-3H3,(H3,18,19,20,21). The van der Waals surface area contributed by atoms with E-state index in [4.69, 9.17) is 5.73 Å². The molecule has 3 rings (SSSR count). The van der Waals surface area contributed by atoms with E-state index in [0.717, 1.165) is 10.9 Å². The average molecular weight is 357 g/mol. The Balaban J connectivity index is 2.25. The maximum absolute atomic E-state index is 12.6. The fourth-order valence-corrected chi connectivity index (χ4v) is 3.74. The number of nitrogens with one attached hydrogen (secondary N) is 1. The summed E-state index contributed by atoms with van der Waals surface area (Å²) in [6.07, 6.45) is 0. The number of aromatic nitrogens is 2. The van der Waals surface area contributed by atoms with E-state index >= 15 is 0 Å². The lowest BCUT2D eigenvalue weighted by Crippen LogP contribution is -2.22. The number of nitrogen functional groups attached to an aromatic ring is 1. The molecule has 0 bridgehead atoms. The summed E-state index contributed by atoms with van der Waals surface area (Å²) in [5, 5.41) is 3.80. The van der Waals surface area contributed by atoms with Crippen molar-refractivity contribution in [3.8, 4) is 11.1 Å². The molecule has 0 amide bonds. The van der Waals surface area contributed by atoms with Gasteiger partial charge in [0.15, 0.2) is 0 Å². The number of benzene rings is 2. The van der Waals surface area contributed by atoms with Gasteiger partial charge in [-0.15, -0.1) is 0 Å². The number of nitrogens with two attached hydrogens (primary N) is 1. The molecule has 130 valence electrons. The smallest absolute Gasteiger partial charge is 0.243 e. The predicted octanol–water partition coefficient (Wildman–Crippen LogP) is 2.17. The van der Waals surface area contributed by atoms with Gasteiger partial charge < -0.3 is 11.1 Å². The van der Waals surface area contributed by atoms with Gasteiger partial charge in [-0.2, -0.15) is 4.98 Å². The largest absolute Gasteiger partial charge is 0.372 e. The minimum atomic E-state index is -3.57. The molecule has 0 aliphatic rings. The lowest BCUT2D eigenvalue weighted by molar-refractivity contribution is 0.521. The molecule has 0 atom stereocenters. The van der Waals surface area contributed by atoms with Gasteiger partial charge in [0, 0.05) is 32.1 Å². The summed E-state index contributed by atoms with van der Waals surface area (Å²) in [6, 6.07) is 12.4. The van der Waals surface area contributed by atoms with Crippen LogP contribution in [0, 0.1) is 0 Å². The number of hydrogen-bond donors (Lipinski definition) is 2. The van der Waals surface area contributed by atoms with Gasteiger partial charge in [-0.05, 0) is 23.8 Å². The van der Waals surface area contributed by atoms with E-state index in [0.29, 0.717) is 16.9 Å². The molecule has 1 aromatic heterocycles. The molecule has 7 nitrogen and oxygen atoms in total. The Morgan fingerprint density at radius 1 is 1.08 bits per heavy atom. The van der Waals surface area contributed by atoms with Gasteiger partial charge in [0.2, 0.25) is 16.0 Å². The molecule has 0 saturated heterocycles. The number of rotatable bonds is 4. The Bertz CT molecular complexity index is 1050. The zero-order chi connectivity index (χ0) is 18.2. The van der Waals surface area contributed by atoms with Crippen LogP contribution in [0.4, 0.5) is 11.8 Å². The van der Waals surface area contributed by atoms with Crippen LogP contribution in [0.15, 0.2) is 47.4 Å². The van der Waals surface area contributed by atoms with E-state index in [1.165, 1.54) is 18.4 Å². The summed E-state index contributed by atoms with van der Waals surface area (Å²) in [7, 11) is 1.22. The number of hydrogen-bond acceptors (Lipinski definition) is 6. The molecule has 25 heavy (non-hydrogen) atoms. The van der Waals surface area contributed by atoms with E-state index in [9.17, 15) is 8.42 Å². The summed E-state index contributed by atoms with van der Waals surface area (Å²) >= 11 is 0. The van der Waals surface area contributed by atoms with Crippen LogP contribution in [-0.4, -0.2) is 43.8 Å². The first kappa shape index (κ1) is 17.1. The fourth-order valence-electron chi connectivity index (χ4n) is 2.63. The van der Waals surface area contributed by atoms with Crippen LogP contribution in [0.3, 0.4) is 0 Å². The highest BCUT2D eigenvalue weighted by molar-refractivity contribution is 7.89. The molecule has 3 N–H and O–H groups in total. The highest BCUT2D eigenvalue weighted by Crippen LogP contribution is 2.32. The van der Waals surface area contributed by atoms with E-state index < -0.39 is 10.0 Å². The van der Waals surface area contributed by atoms with Gasteiger partial charge in [-0.3, -0.25) is 0 Å². The van der Waals surface area contributed by atoms with Crippen molar-refractivity contribution in [1.29, 1.82) is 0 Å². The minimum Gasteiger partial charge on any atom is -0.372 e. The van der Waals surface area contributed by atoms with Crippen LogP contribution < -0.4 is 11.1 Å². The SMILES string of the molecule is CNc1nc(N)nc2cc(-c3ccccc3S(=O)(=O)N(C)C)ccc12. The second-order valence-electron chi connectivity index (χ2n) is 5.70. The summed E-state index contributed by atoms with van der Waals surface area (Å²) in [4.78, 5) is 8.66. The molecule has 0 fully saturated rings. The third-order valence-corrected chi connectivity index (χ3v) is 5.78. The summed E-state index contributed by atoms with van der Waals surface area (Å²) in [5.74, 6) is 0.784. The highest BCUT2D eigenvalue weighted by Gasteiger charge is 2.21. The van der Waals surface area contributed by atoms with E-state index in [1.807, 2.05) is 24.3 Å². The quantitative estimate of drug-likeness (QED) is 0.742. The van der Waals surface area contributed by atoms with E-state index in [2.05, 4.69) is 15.3 Å². The molecule has 3 aromatic rings. The van der Waals surface area contributed by atoms with Crippen LogP contribution >= 0.6 is 0 Å². The lowest BCUT2D eigenvalue weighted by atomic mass is 10.0. The first-order chi connectivity index (χ1) is 11.8. The van der Waals surface area contributed by atoms with Gasteiger partial charge in [0.05, 0.1) is 10.4 Å². The Morgan fingerprint density at radius 2 is 1.80 bits per heavy atom.